The fourth-order valence-corrected chi connectivity index (χ4v) is 1.57. The molecule has 1 rings (SSSR count). The van der Waals surface area contributed by atoms with E-state index in [0.29, 0.717) is 6.04 Å². The van der Waals surface area contributed by atoms with E-state index < -0.39 is 0 Å². The second kappa shape index (κ2) is 5.33. The summed E-state index contributed by atoms with van der Waals surface area (Å²) in [6.45, 7) is 9.07. The number of hydrogen-bond donors (Lipinski definition) is 1. The fourth-order valence-electron chi connectivity index (χ4n) is 1.57. The summed E-state index contributed by atoms with van der Waals surface area (Å²) in [5.41, 5.74) is 0. The highest BCUT2D eigenvalue weighted by Crippen LogP contribution is 1.98. The van der Waals surface area contributed by atoms with E-state index in [1.54, 1.807) is 0 Å². The highest BCUT2D eigenvalue weighted by atomic mass is 15.2. The second-order valence-corrected chi connectivity index (χ2v) is 3.49. The molecule has 0 aromatic carbocycles. The van der Waals surface area contributed by atoms with Gasteiger partial charge in [-0.15, -0.1) is 0 Å². The first-order valence-corrected chi connectivity index (χ1v) is 4.93. The molecule has 1 fully saturated rings. The topological polar surface area (TPSA) is 15.3 Å². The molecule has 1 unspecified atom stereocenters. The van der Waals surface area contributed by atoms with Crippen LogP contribution in [0.5, 0.6) is 0 Å². The summed E-state index contributed by atoms with van der Waals surface area (Å²) in [4.78, 5) is 2.49. The van der Waals surface area contributed by atoms with Gasteiger partial charge in [0.25, 0.3) is 0 Å². The van der Waals surface area contributed by atoms with Gasteiger partial charge < -0.3 is 5.32 Å². The lowest BCUT2D eigenvalue weighted by atomic mass is 10.2. The maximum atomic E-state index is 3.44. The largest absolute Gasteiger partial charge is 0.312 e. The van der Waals surface area contributed by atoms with E-state index in [9.17, 15) is 0 Å². The summed E-state index contributed by atoms with van der Waals surface area (Å²) >= 11 is 0. The van der Waals surface area contributed by atoms with Crippen LogP contribution in [0.1, 0.15) is 20.3 Å². The molecule has 1 aliphatic rings. The summed E-state index contributed by atoms with van der Waals surface area (Å²) in [7, 11) is 0. The first-order chi connectivity index (χ1) is 5.83. The Morgan fingerprint density at radius 3 is 3.00 bits per heavy atom. The van der Waals surface area contributed by atoms with Crippen LogP contribution in [0.3, 0.4) is 0 Å². The van der Waals surface area contributed by atoms with Gasteiger partial charge in [0, 0.05) is 32.2 Å². The van der Waals surface area contributed by atoms with Gasteiger partial charge >= 0.3 is 0 Å². The maximum Gasteiger partial charge on any atom is 0.0167 e. The van der Waals surface area contributed by atoms with Crippen LogP contribution in [-0.2, 0) is 0 Å². The van der Waals surface area contributed by atoms with Crippen LogP contribution in [0.15, 0.2) is 12.2 Å². The minimum atomic E-state index is 0.661. The van der Waals surface area contributed by atoms with Gasteiger partial charge in [0.2, 0.25) is 0 Å². The van der Waals surface area contributed by atoms with Crippen LogP contribution in [0.2, 0.25) is 0 Å². The van der Waals surface area contributed by atoms with Crippen LogP contribution in [0.25, 0.3) is 0 Å². The molecule has 0 saturated carbocycles. The highest BCUT2D eigenvalue weighted by molar-refractivity contribution is 4.86. The van der Waals surface area contributed by atoms with Crippen molar-refractivity contribution in [2.75, 3.05) is 26.2 Å². The molecule has 0 bridgehead atoms. The standard InChI is InChI=1S/C10H20N2/c1-3-4-5-7-12-8-6-11-10(2)9-12/h4-5,10-11H,3,6-9H2,1-2H3/b5-4+. The number of allylic oxidation sites excluding steroid dienone is 1. The van der Waals surface area contributed by atoms with Crippen LogP contribution in [0.4, 0.5) is 0 Å². The van der Waals surface area contributed by atoms with Gasteiger partial charge in [0.05, 0.1) is 0 Å². The van der Waals surface area contributed by atoms with Crippen molar-refractivity contribution >= 4 is 0 Å². The van der Waals surface area contributed by atoms with E-state index in [1.165, 1.54) is 13.1 Å². The SMILES string of the molecule is CC/C=C/CN1CCNC(C)C1. The predicted molar refractivity (Wildman–Crippen MR) is 53.3 cm³/mol. The molecule has 2 nitrogen and oxygen atoms in total. The van der Waals surface area contributed by atoms with Crippen molar-refractivity contribution in [2.24, 2.45) is 0 Å². The quantitative estimate of drug-likeness (QED) is 0.638. The molecular formula is C10H20N2. The van der Waals surface area contributed by atoms with E-state index in [2.05, 4.69) is 36.2 Å². The highest BCUT2D eigenvalue weighted by Gasteiger charge is 2.13. The third-order valence-corrected chi connectivity index (χ3v) is 2.22. The zero-order chi connectivity index (χ0) is 8.81. The molecule has 1 aliphatic heterocycles. The summed E-state index contributed by atoms with van der Waals surface area (Å²) < 4.78 is 0. The van der Waals surface area contributed by atoms with Gasteiger partial charge in [0.15, 0.2) is 0 Å². The summed E-state index contributed by atoms with van der Waals surface area (Å²) in [5, 5.41) is 3.44. The number of hydrogen-bond acceptors (Lipinski definition) is 2. The van der Waals surface area contributed by atoms with Gasteiger partial charge in [-0.1, -0.05) is 19.1 Å². The fraction of sp³-hybridized carbons (Fsp3) is 0.800. The molecule has 2 heteroatoms. The molecule has 0 radical (unpaired) electrons. The molecular weight excluding hydrogens is 148 g/mol. The summed E-state index contributed by atoms with van der Waals surface area (Å²) in [6.07, 6.45) is 5.67. The van der Waals surface area contributed by atoms with Crippen molar-refractivity contribution in [3.05, 3.63) is 12.2 Å². The molecule has 0 aliphatic carbocycles. The minimum absolute atomic E-state index is 0.661. The molecule has 12 heavy (non-hydrogen) atoms. The molecule has 1 saturated heterocycles. The lowest BCUT2D eigenvalue weighted by Crippen LogP contribution is -2.49. The monoisotopic (exact) mass is 168 g/mol. The Kier molecular flexibility index (Phi) is 4.33. The average Bonchev–Trinajstić information content (AvgIpc) is 2.05. The van der Waals surface area contributed by atoms with E-state index in [-0.39, 0.29) is 0 Å². The Labute approximate surface area is 75.6 Å². The van der Waals surface area contributed by atoms with E-state index in [0.717, 1.165) is 19.5 Å². The third-order valence-electron chi connectivity index (χ3n) is 2.22. The van der Waals surface area contributed by atoms with Crippen molar-refractivity contribution < 1.29 is 0 Å². The second-order valence-electron chi connectivity index (χ2n) is 3.49. The Bertz CT molecular complexity index is 143. The van der Waals surface area contributed by atoms with Crippen LogP contribution in [-0.4, -0.2) is 37.1 Å². The number of rotatable bonds is 3. The lowest BCUT2D eigenvalue weighted by molar-refractivity contribution is 0.226. The molecule has 0 aromatic rings. The normalized spacial score (nSPS) is 26.7. The number of piperazine rings is 1. The van der Waals surface area contributed by atoms with Crippen molar-refractivity contribution in [3.63, 3.8) is 0 Å². The molecule has 1 N–H and O–H groups in total. The molecule has 70 valence electrons. The molecule has 0 spiro atoms. The molecule has 1 atom stereocenters. The lowest BCUT2D eigenvalue weighted by Gasteiger charge is -2.30. The smallest absolute Gasteiger partial charge is 0.0167 e. The summed E-state index contributed by atoms with van der Waals surface area (Å²) in [5.74, 6) is 0. The Hall–Kier alpha value is -0.340. The molecule has 1 heterocycles. The van der Waals surface area contributed by atoms with Crippen molar-refractivity contribution in [1.82, 2.24) is 10.2 Å². The van der Waals surface area contributed by atoms with Crippen molar-refractivity contribution in [3.8, 4) is 0 Å². The minimum Gasteiger partial charge on any atom is -0.312 e. The Balaban J connectivity index is 2.18. The van der Waals surface area contributed by atoms with Crippen LogP contribution in [0, 0.1) is 0 Å². The predicted octanol–water partition coefficient (Wildman–Crippen LogP) is 1.25. The van der Waals surface area contributed by atoms with Gasteiger partial charge in [-0.3, -0.25) is 4.90 Å². The third kappa shape index (κ3) is 3.37. The van der Waals surface area contributed by atoms with Gasteiger partial charge in [0.1, 0.15) is 0 Å². The first kappa shape index (κ1) is 9.75. The summed E-state index contributed by atoms with van der Waals surface area (Å²) in [6, 6.07) is 0.661. The number of nitrogens with zero attached hydrogens (tertiary/aromatic N) is 1. The van der Waals surface area contributed by atoms with Crippen molar-refractivity contribution in [1.29, 1.82) is 0 Å². The van der Waals surface area contributed by atoms with Crippen LogP contribution >= 0.6 is 0 Å². The van der Waals surface area contributed by atoms with E-state index in [1.807, 2.05) is 0 Å². The van der Waals surface area contributed by atoms with Crippen molar-refractivity contribution in [2.45, 2.75) is 26.3 Å². The van der Waals surface area contributed by atoms with Crippen LogP contribution < -0.4 is 5.32 Å². The Morgan fingerprint density at radius 1 is 1.50 bits per heavy atom. The van der Waals surface area contributed by atoms with E-state index >= 15 is 0 Å². The first-order valence-electron chi connectivity index (χ1n) is 4.93. The maximum absolute atomic E-state index is 3.44. The van der Waals surface area contributed by atoms with Gasteiger partial charge in [-0.05, 0) is 13.3 Å². The van der Waals surface area contributed by atoms with Gasteiger partial charge in [-0.25, -0.2) is 0 Å². The zero-order valence-electron chi connectivity index (χ0n) is 8.21. The zero-order valence-corrected chi connectivity index (χ0v) is 8.21. The van der Waals surface area contributed by atoms with Gasteiger partial charge in [-0.2, -0.15) is 0 Å². The number of nitrogens with one attached hydrogen (secondary N) is 1. The molecule has 0 amide bonds. The Morgan fingerprint density at radius 2 is 2.33 bits per heavy atom. The molecule has 0 aromatic heterocycles. The average molecular weight is 168 g/mol. The van der Waals surface area contributed by atoms with E-state index in [4.69, 9.17) is 0 Å².